The maximum atomic E-state index is 11.5. The molecule has 0 bridgehead atoms. The summed E-state index contributed by atoms with van der Waals surface area (Å²) in [5.74, 6) is 1.69. The van der Waals surface area contributed by atoms with Gasteiger partial charge in [0.25, 0.3) is 0 Å². The van der Waals surface area contributed by atoms with Crippen molar-refractivity contribution in [2.75, 3.05) is 25.2 Å². The van der Waals surface area contributed by atoms with E-state index in [1.807, 2.05) is 18.2 Å². The molecule has 1 saturated carbocycles. The molecule has 1 fully saturated rings. The molecular formula is C15H23NO4S. The number of ether oxygens (including phenoxy) is 2. The fourth-order valence-electron chi connectivity index (χ4n) is 1.93. The van der Waals surface area contributed by atoms with Crippen molar-refractivity contribution in [2.24, 2.45) is 0 Å². The number of rotatable bonds is 9. The van der Waals surface area contributed by atoms with Gasteiger partial charge < -0.3 is 14.8 Å². The second kappa shape index (κ2) is 7.13. The number of methoxy groups -OCH3 is 1. The lowest BCUT2D eigenvalue weighted by Gasteiger charge is -2.13. The van der Waals surface area contributed by atoms with Crippen molar-refractivity contribution in [3.63, 3.8) is 0 Å². The van der Waals surface area contributed by atoms with Crippen molar-refractivity contribution in [2.45, 2.75) is 32.4 Å². The van der Waals surface area contributed by atoms with Gasteiger partial charge in [-0.2, -0.15) is 0 Å². The summed E-state index contributed by atoms with van der Waals surface area (Å²) in [5.41, 5.74) is 0.996. The summed E-state index contributed by atoms with van der Waals surface area (Å²) in [6.45, 7) is 2.53. The zero-order chi connectivity index (χ0) is 15.3. The number of nitrogens with one attached hydrogen (secondary N) is 1. The van der Waals surface area contributed by atoms with Gasteiger partial charge in [0.05, 0.1) is 12.9 Å². The Hall–Kier alpha value is -1.27. The van der Waals surface area contributed by atoms with Gasteiger partial charge in [0.2, 0.25) is 0 Å². The lowest BCUT2D eigenvalue weighted by atomic mass is 10.2. The summed E-state index contributed by atoms with van der Waals surface area (Å²) in [6.07, 6.45) is 2.43. The van der Waals surface area contributed by atoms with Crippen LogP contribution < -0.4 is 14.8 Å². The van der Waals surface area contributed by atoms with Crippen LogP contribution in [0.2, 0.25) is 0 Å². The van der Waals surface area contributed by atoms with Crippen LogP contribution in [-0.2, 0) is 16.4 Å². The summed E-state index contributed by atoms with van der Waals surface area (Å²) in [7, 11) is -1.37. The van der Waals surface area contributed by atoms with Gasteiger partial charge in [-0.05, 0) is 31.0 Å². The van der Waals surface area contributed by atoms with Crippen LogP contribution in [-0.4, -0.2) is 39.7 Å². The Morgan fingerprint density at radius 2 is 2.10 bits per heavy atom. The van der Waals surface area contributed by atoms with Gasteiger partial charge in [0, 0.05) is 23.9 Å². The van der Waals surface area contributed by atoms with E-state index in [0.29, 0.717) is 12.6 Å². The SMILES string of the molecule is CCS(=O)(=O)CCOc1ccc(OC)cc1CNC1CC1. The van der Waals surface area contributed by atoms with Crippen LogP contribution in [0.4, 0.5) is 0 Å². The summed E-state index contributed by atoms with van der Waals surface area (Å²) in [4.78, 5) is 0. The average molecular weight is 313 g/mol. The quantitative estimate of drug-likeness (QED) is 0.752. The highest BCUT2D eigenvalue weighted by Crippen LogP contribution is 2.26. The molecule has 0 atom stereocenters. The molecule has 2 rings (SSSR count). The third-order valence-electron chi connectivity index (χ3n) is 3.52. The maximum absolute atomic E-state index is 11.5. The van der Waals surface area contributed by atoms with Crippen LogP contribution in [0.1, 0.15) is 25.3 Å². The monoisotopic (exact) mass is 313 g/mol. The molecule has 0 spiro atoms. The van der Waals surface area contributed by atoms with E-state index in [1.54, 1.807) is 14.0 Å². The standard InChI is InChI=1S/C15H23NO4S/c1-3-21(17,18)9-8-20-15-7-6-14(19-2)10-12(15)11-16-13-4-5-13/h6-7,10,13,16H,3-5,8-9,11H2,1-2H3. The minimum atomic E-state index is -3.00. The Bertz CT molecular complexity index is 567. The fraction of sp³-hybridized carbons (Fsp3) is 0.600. The Kier molecular flexibility index (Phi) is 5.47. The molecule has 0 heterocycles. The normalized spacial score (nSPS) is 15.0. The zero-order valence-corrected chi connectivity index (χ0v) is 13.4. The zero-order valence-electron chi connectivity index (χ0n) is 12.6. The highest BCUT2D eigenvalue weighted by Gasteiger charge is 2.21. The Balaban J connectivity index is 1.98. The van der Waals surface area contributed by atoms with Gasteiger partial charge in [0.15, 0.2) is 9.84 Å². The van der Waals surface area contributed by atoms with Gasteiger partial charge in [-0.25, -0.2) is 8.42 Å². The maximum Gasteiger partial charge on any atom is 0.153 e. The van der Waals surface area contributed by atoms with Gasteiger partial charge in [-0.3, -0.25) is 0 Å². The molecule has 0 aliphatic heterocycles. The van der Waals surface area contributed by atoms with Crippen molar-refractivity contribution >= 4 is 9.84 Å². The lowest BCUT2D eigenvalue weighted by molar-refractivity contribution is 0.334. The molecular weight excluding hydrogens is 290 g/mol. The van der Waals surface area contributed by atoms with Gasteiger partial charge in [0.1, 0.15) is 18.1 Å². The molecule has 6 heteroatoms. The molecule has 0 unspecified atom stereocenters. The number of hydrogen-bond donors (Lipinski definition) is 1. The van der Waals surface area contributed by atoms with E-state index in [4.69, 9.17) is 9.47 Å². The first-order valence-corrected chi connectivity index (χ1v) is 9.09. The van der Waals surface area contributed by atoms with Crippen LogP contribution in [0.15, 0.2) is 18.2 Å². The Morgan fingerprint density at radius 3 is 2.71 bits per heavy atom. The molecule has 5 nitrogen and oxygen atoms in total. The number of benzene rings is 1. The minimum Gasteiger partial charge on any atom is -0.497 e. The predicted molar refractivity (Wildman–Crippen MR) is 82.7 cm³/mol. The molecule has 1 aliphatic carbocycles. The molecule has 1 N–H and O–H groups in total. The molecule has 0 radical (unpaired) electrons. The number of hydrogen-bond acceptors (Lipinski definition) is 5. The molecule has 1 aliphatic rings. The predicted octanol–water partition coefficient (Wildman–Crippen LogP) is 1.76. The van der Waals surface area contributed by atoms with Crippen LogP contribution >= 0.6 is 0 Å². The van der Waals surface area contributed by atoms with Crippen molar-refractivity contribution in [1.29, 1.82) is 0 Å². The van der Waals surface area contributed by atoms with Crippen molar-refractivity contribution in [1.82, 2.24) is 5.32 Å². The van der Waals surface area contributed by atoms with Crippen molar-refractivity contribution in [3.8, 4) is 11.5 Å². The fourth-order valence-corrected chi connectivity index (χ4v) is 2.55. The summed E-state index contributed by atoms with van der Waals surface area (Å²) in [6, 6.07) is 6.19. The first-order valence-electron chi connectivity index (χ1n) is 7.27. The van der Waals surface area contributed by atoms with E-state index in [1.165, 1.54) is 12.8 Å². The smallest absolute Gasteiger partial charge is 0.153 e. The first kappa shape index (κ1) is 16.1. The second-order valence-electron chi connectivity index (χ2n) is 5.21. The summed E-state index contributed by atoms with van der Waals surface area (Å²) < 4.78 is 33.9. The largest absolute Gasteiger partial charge is 0.497 e. The molecule has 0 amide bonds. The third-order valence-corrected chi connectivity index (χ3v) is 5.19. The van der Waals surface area contributed by atoms with Crippen molar-refractivity contribution < 1.29 is 17.9 Å². The van der Waals surface area contributed by atoms with Crippen LogP contribution in [0.3, 0.4) is 0 Å². The molecule has 1 aromatic carbocycles. The minimum absolute atomic E-state index is 0.0466. The average Bonchev–Trinajstić information content (AvgIpc) is 3.30. The topological polar surface area (TPSA) is 64.6 Å². The highest BCUT2D eigenvalue weighted by atomic mass is 32.2. The molecule has 0 saturated heterocycles. The molecule has 118 valence electrons. The van der Waals surface area contributed by atoms with Gasteiger partial charge >= 0.3 is 0 Å². The van der Waals surface area contributed by atoms with E-state index in [-0.39, 0.29) is 18.1 Å². The van der Waals surface area contributed by atoms with E-state index in [2.05, 4.69) is 5.32 Å². The highest BCUT2D eigenvalue weighted by molar-refractivity contribution is 7.91. The Labute approximate surface area is 126 Å². The van der Waals surface area contributed by atoms with Gasteiger partial charge in [-0.1, -0.05) is 6.92 Å². The summed E-state index contributed by atoms with van der Waals surface area (Å²) >= 11 is 0. The lowest BCUT2D eigenvalue weighted by Crippen LogP contribution is -2.18. The third kappa shape index (κ3) is 5.21. The van der Waals surface area contributed by atoms with Crippen molar-refractivity contribution in [3.05, 3.63) is 23.8 Å². The second-order valence-corrected chi connectivity index (χ2v) is 7.69. The van der Waals surface area contributed by atoms with E-state index >= 15 is 0 Å². The molecule has 0 aromatic heterocycles. The van der Waals surface area contributed by atoms with Crippen LogP contribution in [0.5, 0.6) is 11.5 Å². The molecule has 1 aromatic rings. The Morgan fingerprint density at radius 1 is 1.33 bits per heavy atom. The number of sulfone groups is 1. The van der Waals surface area contributed by atoms with Crippen LogP contribution in [0, 0.1) is 0 Å². The summed E-state index contributed by atoms with van der Waals surface area (Å²) in [5, 5.41) is 3.43. The van der Waals surface area contributed by atoms with E-state index in [9.17, 15) is 8.42 Å². The molecule has 21 heavy (non-hydrogen) atoms. The van der Waals surface area contributed by atoms with E-state index < -0.39 is 9.84 Å². The first-order chi connectivity index (χ1) is 10.0. The van der Waals surface area contributed by atoms with Crippen LogP contribution in [0.25, 0.3) is 0 Å². The van der Waals surface area contributed by atoms with E-state index in [0.717, 1.165) is 17.1 Å². The van der Waals surface area contributed by atoms with Gasteiger partial charge in [-0.15, -0.1) is 0 Å².